The highest BCUT2D eigenvalue weighted by Gasteiger charge is 2.31. The first-order chi connectivity index (χ1) is 17.2. The van der Waals surface area contributed by atoms with Gasteiger partial charge in [0, 0.05) is 24.7 Å². The summed E-state index contributed by atoms with van der Waals surface area (Å²) < 4.78 is 40.9. The third-order valence-corrected chi connectivity index (χ3v) is 8.61. The zero-order valence-corrected chi connectivity index (χ0v) is 22.3. The van der Waals surface area contributed by atoms with E-state index < -0.39 is 15.8 Å². The summed E-state index contributed by atoms with van der Waals surface area (Å²) in [7, 11) is -3.59. The smallest absolute Gasteiger partial charge is 0.438 e. The van der Waals surface area contributed by atoms with Crippen LogP contribution in [0.15, 0.2) is 61.4 Å². The molecule has 0 saturated carbocycles. The van der Waals surface area contributed by atoms with Gasteiger partial charge in [-0.1, -0.05) is 5.16 Å². The van der Waals surface area contributed by atoms with E-state index in [2.05, 4.69) is 35.6 Å². The number of aromatic amines is 1. The first-order valence-electron chi connectivity index (χ1n) is 11.7. The molecular formula is C24H26BrN5O5S. The van der Waals surface area contributed by atoms with Crippen LogP contribution in [0.2, 0.25) is 0 Å². The molecule has 1 saturated heterocycles. The van der Waals surface area contributed by atoms with Crippen LogP contribution in [-0.2, 0) is 16.6 Å². The lowest BCUT2D eigenvalue weighted by Crippen LogP contribution is -2.37. The Morgan fingerprint density at radius 1 is 1.17 bits per heavy atom. The van der Waals surface area contributed by atoms with Crippen molar-refractivity contribution in [1.82, 2.24) is 24.0 Å². The van der Waals surface area contributed by atoms with Crippen molar-refractivity contribution in [3.05, 3.63) is 69.1 Å². The van der Waals surface area contributed by atoms with Crippen LogP contribution < -0.4 is 10.5 Å². The van der Waals surface area contributed by atoms with Crippen molar-refractivity contribution in [2.24, 2.45) is 0 Å². The third-order valence-electron chi connectivity index (χ3n) is 6.25. The van der Waals surface area contributed by atoms with Gasteiger partial charge < -0.3 is 9.30 Å². The number of halogens is 1. The highest BCUT2D eigenvalue weighted by molar-refractivity contribution is 9.10. The molecule has 12 heteroatoms. The van der Waals surface area contributed by atoms with Crippen molar-refractivity contribution in [3.63, 3.8) is 0 Å². The summed E-state index contributed by atoms with van der Waals surface area (Å²) in [6, 6.07) is 10.5. The highest BCUT2D eigenvalue weighted by atomic mass is 79.9. The molecule has 0 amide bonds. The monoisotopic (exact) mass is 575 g/mol. The predicted octanol–water partition coefficient (Wildman–Crippen LogP) is 3.88. The Morgan fingerprint density at radius 2 is 1.89 bits per heavy atom. The van der Waals surface area contributed by atoms with Gasteiger partial charge in [-0.3, -0.25) is 9.51 Å². The van der Waals surface area contributed by atoms with Gasteiger partial charge in [-0.25, -0.2) is 18.2 Å². The minimum absolute atomic E-state index is 0.0204. The number of nitrogens with one attached hydrogen (secondary N) is 1. The van der Waals surface area contributed by atoms with E-state index in [1.54, 1.807) is 28.6 Å². The zero-order valence-electron chi connectivity index (χ0n) is 19.8. The van der Waals surface area contributed by atoms with E-state index in [0.29, 0.717) is 48.7 Å². The van der Waals surface area contributed by atoms with Crippen molar-refractivity contribution < 1.29 is 17.7 Å². The van der Waals surface area contributed by atoms with Gasteiger partial charge in [-0.05, 0) is 90.5 Å². The molecule has 10 nitrogen and oxygen atoms in total. The molecule has 36 heavy (non-hydrogen) atoms. The number of nitrogens with zero attached hydrogens (tertiary/aromatic N) is 4. The number of hydrogen-bond donors (Lipinski definition) is 1. The average Bonchev–Trinajstić information content (AvgIpc) is 3.42. The first kappa shape index (κ1) is 24.7. The fourth-order valence-corrected chi connectivity index (χ4v) is 6.39. The maximum atomic E-state index is 13.2. The van der Waals surface area contributed by atoms with Gasteiger partial charge in [0.15, 0.2) is 5.82 Å². The Labute approximate surface area is 216 Å². The summed E-state index contributed by atoms with van der Waals surface area (Å²) in [5, 5.41) is 4.75. The Hall–Kier alpha value is -2.96. The summed E-state index contributed by atoms with van der Waals surface area (Å²) in [6.07, 6.45) is 3.40. The summed E-state index contributed by atoms with van der Waals surface area (Å²) in [6.45, 7) is 5.00. The van der Waals surface area contributed by atoms with Crippen LogP contribution in [0.4, 0.5) is 0 Å². The second-order valence-corrected chi connectivity index (χ2v) is 11.8. The van der Waals surface area contributed by atoms with E-state index in [1.165, 1.54) is 0 Å². The highest BCUT2D eigenvalue weighted by Crippen LogP contribution is 2.36. The Balaban J connectivity index is 1.35. The maximum absolute atomic E-state index is 13.2. The first-order valence-corrected chi connectivity index (χ1v) is 13.9. The van der Waals surface area contributed by atoms with Crippen molar-refractivity contribution in [2.45, 2.75) is 50.2 Å². The molecule has 0 aliphatic carbocycles. The summed E-state index contributed by atoms with van der Waals surface area (Å²) in [4.78, 5) is 18.8. The molecule has 4 heterocycles. The molecule has 1 aliphatic heterocycles. The fraction of sp³-hybridized carbons (Fsp3) is 0.375. The van der Waals surface area contributed by atoms with E-state index in [0.717, 1.165) is 16.6 Å². The molecule has 1 aromatic carbocycles. The van der Waals surface area contributed by atoms with Crippen LogP contribution in [0.1, 0.15) is 44.0 Å². The molecule has 5 rings (SSSR count). The van der Waals surface area contributed by atoms with E-state index in [9.17, 15) is 13.2 Å². The van der Waals surface area contributed by atoms with Gasteiger partial charge in [0.1, 0.15) is 16.0 Å². The largest absolute Gasteiger partial charge is 0.491 e. The topological polar surface area (TPSA) is 123 Å². The predicted molar refractivity (Wildman–Crippen MR) is 137 cm³/mol. The fourth-order valence-electron chi connectivity index (χ4n) is 4.62. The number of hydrogen-bond acceptors (Lipinski definition) is 7. The maximum Gasteiger partial charge on any atom is 0.438 e. The average molecular weight is 576 g/mol. The van der Waals surface area contributed by atoms with Crippen LogP contribution >= 0.6 is 15.9 Å². The van der Waals surface area contributed by atoms with E-state index >= 15 is 0 Å². The molecule has 4 aromatic rings. The lowest BCUT2D eigenvalue weighted by molar-refractivity contribution is 0.242. The number of rotatable bonds is 7. The van der Waals surface area contributed by atoms with E-state index in [4.69, 9.17) is 4.74 Å². The van der Waals surface area contributed by atoms with E-state index in [-0.39, 0.29) is 16.9 Å². The SMILES string of the molecule is CC(C)Oc1ccc(S(=O)(=O)N2CCC(c3cn(Cc4noc(=O)[nH]4)c4nc(Br)ccc34)CC2)cc1. The number of aromatic nitrogens is 4. The normalized spacial score (nSPS) is 15.7. The number of ether oxygens (including phenoxy) is 1. The van der Waals surface area contributed by atoms with Crippen molar-refractivity contribution in [3.8, 4) is 5.75 Å². The van der Waals surface area contributed by atoms with Gasteiger partial charge in [0.05, 0.1) is 17.5 Å². The molecule has 0 bridgehead atoms. The lowest BCUT2D eigenvalue weighted by Gasteiger charge is -2.31. The van der Waals surface area contributed by atoms with Gasteiger partial charge in [-0.2, -0.15) is 4.31 Å². The van der Waals surface area contributed by atoms with Gasteiger partial charge in [0.25, 0.3) is 0 Å². The standard InChI is InChI=1S/C24H26BrN5O5S/c1-15(2)34-17-3-5-18(6-4-17)36(32,33)30-11-9-16(10-12-30)20-13-29(14-22-27-24(31)35-28-22)23-19(20)7-8-21(25)26-23/h3-8,13,15-16H,9-12,14H2,1-2H3,(H,27,28,31). The summed E-state index contributed by atoms with van der Waals surface area (Å²) in [5.41, 5.74) is 1.85. The third kappa shape index (κ3) is 4.97. The van der Waals surface area contributed by atoms with Crippen LogP contribution in [0.5, 0.6) is 5.75 Å². The van der Waals surface area contributed by atoms with Gasteiger partial charge in [0.2, 0.25) is 10.0 Å². The molecule has 1 aliphatic rings. The van der Waals surface area contributed by atoms with E-state index in [1.807, 2.05) is 36.7 Å². The molecule has 1 N–H and O–H groups in total. The molecular weight excluding hydrogens is 550 g/mol. The minimum Gasteiger partial charge on any atom is -0.491 e. The number of piperidine rings is 1. The minimum atomic E-state index is -3.59. The Kier molecular flexibility index (Phi) is 6.75. The zero-order chi connectivity index (χ0) is 25.4. The number of H-pyrrole nitrogens is 1. The number of benzene rings is 1. The Morgan fingerprint density at radius 3 is 2.53 bits per heavy atom. The van der Waals surface area contributed by atoms with Crippen molar-refractivity contribution in [1.29, 1.82) is 0 Å². The molecule has 0 spiro atoms. The van der Waals surface area contributed by atoms with Crippen LogP contribution in [0, 0.1) is 0 Å². The Bertz CT molecular complexity index is 1530. The molecule has 0 radical (unpaired) electrons. The molecule has 190 valence electrons. The molecule has 3 aromatic heterocycles. The lowest BCUT2D eigenvalue weighted by atomic mass is 9.90. The molecule has 0 atom stereocenters. The summed E-state index contributed by atoms with van der Waals surface area (Å²) >= 11 is 3.43. The van der Waals surface area contributed by atoms with Gasteiger partial charge in [-0.15, -0.1) is 0 Å². The van der Waals surface area contributed by atoms with Crippen LogP contribution in [-0.4, -0.2) is 51.6 Å². The quantitative estimate of drug-likeness (QED) is 0.331. The molecule has 0 unspecified atom stereocenters. The van der Waals surface area contributed by atoms with Crippen LogP contribution in [0.25, 0.3) is 11.0 Å². The van der Waals surface area contributed by atoms with Crippen molar-refractivity contribution >= 4 is 37.0 Å². The molecule has 1 fully saturated rings. The summed E-state index contributed by atoms with van der Waals surface area (Å²) in [5.74, 6) is 0.609. The number of sulfonamides is 1. The van der Waals surface area contributed by atoms with Gasteiger partial charge >= 0.3 is 5.76 Å². The second kappa shape index (κ2) is 9.83. The number of fused-ring (bicyclic) bond motifs is 1. The number of pyridine rings is 1. The van der Waals surface area contributed by atoms with Crippen LogP contribution in [0.3, 0.4) is 0 Å². The van der Waals surface area contributed by atoms with Crippen molar-refractivity contribution in [2.75, 3.05) is 13.1 Å². The second-order valence-electron chi connectivity index (χ2n) is 9.08.